The molecule has 0 saturated heterocycles. The van der Waals surface area contributed by atoms with Gasteiger partial charge in [-0.15, -0.1) is 11.3 Å². The largest absolute Gasteiger partial charge is 0.358 e. The van der Waals surface area contributed by atoms with Crippen molar-refractivity contribution < 1.29 is 9.59 Å². The molecule has 0 fully saturated rings. The van der Waals surface area contributed by atoms with Crippen molar-refractivity contribution in [3.63, 3.8) is 0 Å². The maximum Gasteiger partial charge on any atom is 0.257 e. The summed E-state index contributed by atoms with van der Waals surface area (Å²) in [6, 6.07) is 13.6. The molecule has 4 aromatic rings. The zero-order valence-corrected chi connectivity index (χ0v) is 17.5. The Bertz CT molecular complexity index is 1300. The van der Waals surface area contributed by atoms with Gasteiger partial charge in [0, 0.05) is 52.3 Å². The number of aromatic nitrogens is 2. The second-order valence-corrected chi connectivity index (χ2v) is 8.28. The van der Waals surface area contributed by atoms with Gasteiger partial charge in [0.1, 0.15) is 0 Å². The molecule has 1 aliphatic heterocycles. The van der Waals surface area contributed by atoms with Gasteiger partial charge in [0.25, 0.3) is 5.91 Å². The number of thiazole rings is 1. The van der Waals surface area contributed by atoms with E-state index < -0.39 is 0 Å². The predicted molar refractivity (Wildman–Crippen MR) is 120 cm³/mol. The first-order chi connectivity index (χ1) is 14.5. The Morgan fingerprint density at radius 3 is 2.87 bits per heavy atom. The van der Waals surface area contributed by atoms with Crippen LogP contribution in [-0.2, 0) is 11.2 Å². The number of rotatable bonds is 3. The van der Waals surface area contributed by atoms with E-state index in [1.165, 1.54) is 11.3 Å². The lowest BCUT2D eigenvalue weighted by Gasteiger charge is -2.14. The number of aryl methyl sites for hydroxylation is 1. The van der Waals surface area contributed by atoms with E-state index in [1.54, 1.807) is 17.9 Å². The van der Waals surface area contributed by atoms with Gasteiger partial charge in [0.2, 0.25) is 5.91 Å². The second kappa shape index (κ2) is 7.11. The van der Waals surface area contributed by atoms with Crippen LogP contribution < -0.4 is 10.2 Å². The van der Waals surface area contributed by atoms with E-state index in [4.69, 9.17) is 0 Å². The quantitative estimate of drug-likeness (QED) is 0.505. The van der Waals surface area contributed by atoms with Crippen LogP contribution in [0.4, 0.5) is 10.8 Å². The van der Waals surface area contributed by atoms with Crippen LogP contribution in [0.15, 0.2) is 47.8 Å². The van der Waals surface area contributed by atoms with E-state index >= 15 is 0 Å². The van der Waals surface area contributed by atoms with Gasteiger partial charge in [-0.3, -0.25) is 14.9 Å². The molecule has 2 aromatic heterocycles. The Morgan fingerprint density at radius 2 is 2.03 bits per heavy atom. The molecule has 2 amide bonds. The number of H-pyrrole nitrogens is 1. The van der Waals surface area contributed by atoms with Crippen LogP contribution in [-0.4, -0.2) is 28.3 Å². The first kappa shape index (κ1) is 18.6. The first-order valence-corrected chi connectivity index (χ1v) is 10.6. The summed E-state index contributed by atoms with van der Waals surface area (Å²) >= 11 is 1.41. The van der Waals surface area contributed by atoms with E-state index in [9.17, 15) is 9.59 Å². The molecule has 150 valence electrons. The average Bonchev–Trinajstić information content (AvgIpc) is 3.43. The van der Waals surface area contributed by atoms with Gasteiger partial charge in [0.15, 0.2) is 5.13 Å². The summed E-state index contributed by atoms with van der Waals surface area (Å²) in [4.78, 5) is 34.3. The molecule has 0 saturated carbocycles. The van der Waals surface area contributed by atoms with Crippen molar-refractivity contribution in [3.05, 3.63) is 64.7 Å². The summed E-state index contributed by atoms with van der Waals surface area (Å²) < 4.78 is 0. The molecule has 2 N–H and O–H groups in total. The third-order valence-electron chi connectivity index (χ3n) is 5.49. The van der Waals surface area contributed by atoms with Crippen molar-refractivity contribution in [1.29, 1.82) is 0 Å². The number of nitrogens with zero attached hydrogens (tertiary/aromatic N) is 2. The van der Waals surface area contributed by atoms with Gasteiger partial charge in [0.05, 0.1) is 5.69 Å². The molecule has 5 rings (SSSR count). The number of carbonyl (C=O) groups excluding carboxylic acids is 2. The average molecular weight is 417 g/mol. The Hall–Kier alpha value is -3.45. The number of amides is 2. The van der Waals surface area contributed by atoms with Crippen LogP contribution in [0.1, 0.15) is 28.5 Å². The lowest BCUT2D eigenvalue weighted by atomic mass is 10.1. The number of benzene rings is 2. The van der Waals surface area contributed by atoms with Crippen molar-refractivity contribution in [3.8, 4) is 11.3 Å². The highest BCUT2D eigenvalue weighted by molar-refractivity contribution is 7.14. The highest BCUT2D eigenvalue weighted by atomic mass is 32.1. The number of nitrogens with one attached hydrogen (secondary N) is 2. The monoisotopic (exact) mass is 416 g/mol. The minimum atomic E-state index is -0.198. The summed E-state index contributed by atoms with van der Waals surface area (Å²) in [5, 5.41) is 6.55. The summed E-state index contributed by atoms with van der Waals surface area (Å²) in [6.45, 7) is 4.25. The van der Waals surface area contributed by atoms with Crippen LogP contribution in [0.3, 0.4) is 0 Å². The minimum Gasteiger partial charge on any atom is -0.358 e. The normalized spacial score (nSPS) is 12.9. The van der Waals surface area contributed by atoms with Crippen LogP contribution >= 0.6 is 11.3 Å². The van der Waals surface area contributed by atoms with Gasteiger partial charge in [-0.05, 0) is 43.2 Å². The summed E-state index contributed by atoms with van der Waals surface area (Å²) in [5.74, 6) is -0.176. The zero-order chi connectivity index (χ0) is 20.8. The number of hydrogen-bond acceptors (Lipinski definition) is 4. The summed E-state index contributed by atoms with van der Waals surface area (Å²) in [6.07, 6.45) is 0.761. The van der Waals surface area contributed by atoms with Crippen LogP contribution in [0.5, 0.6) is 0 Å². The lowest BCUT2D eigenvalue weighted by molar-refractivity contribution is -0.116. The summed E-state index contributed by atoms with van der Waals surface area (Å²) in [7, 11) is 0. The first-order valence-electron chi connectivity index (χ1n) is 9.77. The maximum absolute atomic E-state index is 12.8. The molecule has 0 radical (unpaired) electrons. The fourth-order valence-corrected chi connectivity index (χ4v) is 4.79. The molecule has 0 bridgehead atoms. The minimum absolute atomic E-state index is 0.0221. The van der Waals surface area contributed by atoms with E-state index in [-0.39, 0.29) is 11.8 Å². The Kier molecular flexibility index (Phi) is 4.40. The van der Waals surface area contributed by atoms with E-state index in [2.05, 4.69) is 21.4 Å². The SMILES string of the molecule is CC(=O)N1CCc2cc(C(=O)Nc3nc(-c4c(C)[nH]c5ccccc45)cs3)ccc21. The van der Waals surface area contributed by atoms with Crippen LogP contribution in [0, 0.1) is 6.92 Å². The third-order valence-corrected chi connectivity index (χ3v) is 6.25. The molecular formula is C23H20N4O2S. The molecule has 30 heavy (non-hydrogen) atoms. The van der Waals surface area contributed by atoms with Crippen molar-refractivity contribution in [2.75, 3.05) is 16.8 Å². The molecule has 7 heteroatoms. The van der Waals surface area contributed by atoms with Gasteiger partial charge in [-0.2, -0.15) is 0 Å². The molecule has 2 aromatic carbocycles. The molecule has 0 unspecified atom stereocenters. The molecule has 0 spiro atoms. The molecule has 6 nitrogen and oxygen atoms in total. The summed E-state index contributed by atoms with van der Waals surface area (Å²) in [5.41, 5.74) is 6.51. The molecule has 0 aliphatic carbocycles. The highest BCUT2D eigenvalue weighted by Crippen LogP contribution is 2.34. The third kappa shape index (κ3) is 3.07. The second-order valence-electron chi connectivity index (χ2n) is 7.43. The number of carbonyl (C=O) groups is 2. The van der Waals surface area contributed by atoms with E-state index in [0.29, 0.717) is 17.2 Å². The number of para-hydroxylation sites is 1. The topological polar surface area (TPSA) is 78.1 Å². The Morgan fingerprint density at radius 1 is 1.20 bits per heavy atom. The number of fused-ring (bicyclic) bond motifs is 2. The molecule has 0 atom stereocenters. The van der Waals surface area contributed by atoms with Crippen molar-refractivity contribution in [2.45, 2.75) is 20.3 Å². The fraction of sp³-hybridized carbons (Fsp3) is 0.174. The van der Waals surface area contributed by atoms with Gasteiger partial charge in [-0.1, -0.05) is 18.2 Å². The fourth-order valence-electron chi connectivity index (χ4n) is 4.09. The van der Waals surface area contributed by atoms with Gasteiger partial charge >= 0.3 is 0 Å². The predicted octanol–water partition coefficient (Wildman–Crippen LogP) is 4.76. The van der Waals surface area contributed by atoms with E-state index in [0.717, 1.165) is 45.5 Å². The zero-order valence-electron chi connectivity index (χ0n) is 16.7. The number of anilines is 2. The molecule has 3 heterocycles. The van der Waals surface area contributed by atoms with Crippen molar-refractivity contribution in [2.24, 2.45) is 0 Å². The molecule has 1 aliphatic rings. The maximum atomic E-state index is 12.8. The highest BCUT2D eigenvalue weighted by Gasteiger charge is 2.23. The van der Waals surface area contributed by atoms with Gasteiger partial charge < -0.3 is 9.88 Å². The number of aromatic amines is 1. The van der Waals surface area contributed by atoms with Gasteiger partial charge in [-0.25, -0.2) is 4.98 Å². The van der Waals surface area contributed by atoms with Crippen LogP contribution in [0.2, 0.25) is 0 Å². The standard InChI is InChI=1S/C23H20N4O2S/c1-13-21(17-5-3-4-6-18(17)24-13)19-12-30-23(25-19)26-22(29)16-7-8-20-15(11-16)9-10-27(20)14(2)28/h3-8,11-12,24H,9-10H2,1-2H3,(H,25,26,29). The van der Waals surface area contributed by atoms with Crippen molar-refractivity contribution >= 4 is 44.9 Å². The smallest absolute Gasteiger partial charge is 0.257 e. The Balaban J connectivity index is 1.39. The van der Waals surface area contributed by atoms with Crippen LogP contribution in [0.25, 0.3) is 22.2 Å². The number of hydrogen-bond donors (Lipinski definition) is 2. The lowest BCUT2D eigenvalue weighted by Crippen LogP contribution is -2.25. The van der Waals surface area contributed by atoms with E-state index in [1.807, 2.05) is 42.6 Å². The van der Waals surface area contributed by atoms with Crippen molar-refractivity contribution in [1.82, 2.24) is 9.97 Å². The Labute approximate surface area is 177 Å². The molecular weight excluding hydrogens is 396 g/mol.